The first kappa shape index (κ1) is 23.1. The lowest BCUT2D eigenvalue weighted by Crippen LogP contribution is -2.03. The highest BCUT2D eigenvalue weighted by Gasteiger charge is 2.16. The number of pyridine rings is 4. The Kier molecular flexibility index (Phi) is 6.31. The van der Waals surface area contributed by atoms with E-state index in [4.69, 9.17) is 0 Å². The molecule has 5 heteroatoms. The summed E-state index contributed by atoms with van der Waals surface area (Å²) >= 11 is 0. The smallest absolute Gasteiger partial charge is 0.193 e. The van der Waals surface area contributed by atoms with Crippen LogP contribution in [0.5, 0.6) is 0 Å². The minimum absolute atomic E-state index is 0.0724. The number of hydrogen-bond donors (Lipinski definition) is 0. The average Bonchev–Trinajstić information content (AvgIpc) is 3.02. The van der Waals surface area contributed by atoms with Crippen molar-refractivity contribution in [3.05, 3.63) is 146 Å². The quantitative estimate of drug-likeness (QED) is 0.232. The fraction of sp³-hybridized carbons (Fsp3) is 0. The zero-order valence-corrected chi connectivity index (χ0v) is 20.4. The third-order valence-corrected chi connectivity index (χ3v) is 6.37. The number of aromatic nitrogens is 4. The van der Waals surface area contributed by atoms with Crippen molar-refractivity contribution in [1.29, 1.82) is 0 Å². The highest BCUT2D eigenvalue weighted by atomic mass is 16.1. The first-order valence-corrected chi connectivity index (χ1v) is 12.2. The molecule has 38 heavy (non-hydrogen) atoms. The Hall–Kier alpha value is -5.29. The van der Waals surface area contributed by atoms with Gasteiger partial charge in [-0.15, -0.1) is 0 Å². The van der Waals surface area contributed by atoms with Crippen molar-refractivity contribution in [3.8, 4) is 44.5 Å². The van der Waals surface area contributed by atoms with Crippen molar-refractivity contribution in [2.45, 2.75) is 0 Å². The van der Waals surface area contributed by atoms with E-state index in [1.165, 1.54) is 0 Å². The molecule has 0 amide bonds. The van der Waals surface area contributed by atoms with Crippen LogP contribution in [-0.4, -0.2) is 25.7 Å². The van der Waals surface area contributed by atoms with Gasteiger partial charge in [0.05, 0.1) is 0 Å². The molecule has 6 aromatic rings. The van der Waals surface area contributed by atoms with Gasteiger partial charge in [-0.1, -0.05) is 24.3 Å². The van der Waals surface area contributed by atoms with Crippen LogP contribution >= 0.6 is 0 Å². The molecule has 0 radical (unpaired) electrons. The fourth-order valence-electron chi connectivity index (χ4n) is 4.48. The monoisotopic (exact) mass is 490 g/mol. The highest BCUT2D eigenvalue weighted by molar-refractivity contribution is 6.11. The number of rotatable bonds is 6. The normalized spacial score (nSPS) is 10.7. The molecule has 0 aliphatic carbocycles. The Morgan fingerprint density at radius 2 is 0.684 bits per heavy atom. The lowest BCUT2D eigenvalue weighted by Gasteiger charge is -2.13. The van der Waals surface area contributed by atoms with Gasteiger partial charge in [-0.25, -0.2) is 0 Å². The number of carbonyl (C=O) groups excluding carboxylic acids is 1. The Bertz CT molecular complexity index is 1460. The van der Waals surface area contributed by atoms with Crippen LogP contribution in [0.4, 0.5) is 0 Å². The number of ketones is 1. The van der Waals surface area contributed by atoms with Gasteiger partial charge in [-0.05, 0) is 82.9 Å². The molecular formula is C33H22N4O. The lowest BCUT2D eigenvalue weighted by atomic mass is 9.91. The third-order valence-electron chi connectivity index (χ3n) is 6.37. The van der Waals surface area contributed by atoms with Gasteiger partial charge in [0.25, 0.3) is 0 Å². The van der Waals surface area contributed by atoms with Crippen molar-refractivity contribution in [2.75, 3.05) is 0 Å². The number of carbonyl (C=O) groups is 1. The van der Waals surface area contributed by atoms with Crippen LogP contribution in [0.2, 0.25) is 0 Å². The molecule has 5 nitrogen and oxygen atoms in total. The summed E-state index contributed by atoms with van der Waals surface area (Å²) in [5.41, 5.74) is 8.59. The van der Waals surface area contributed by atoms with Crippen molar-refractivity contribution < 1.29 is 4.79 Å². The molecule has 180 valence electrons. The van der Waals surface area contributed by atoms with Gasteiger partial charge in [0.1, 0.15) is 0 Å². The summed E-state index contributed by atoms with van der Waals surface area (Å²) in [5.74, 6) is -0.0724. The van der Waals surface area contributed by atoms with Gasteiger partial charge in [-0.3, -0.25) is 24.7 Å². The predicted molar refractivity (Wildman–Crippen MR) is 149 cm³/mol. The molecule has 0 saturated heterocycles. The van der Waals surface area contributed by atoms with Gasteiger partial charge in [0, 0.05) is 83.0 Å². The first-order valence-electron chi connectivity index (χ1n) is 12.2. The van der Waals surface area contributed by atoms with Gasteiger partial charge in [0.15, 0.2) is 5.78 Å². The topological polar surface area (TPSA) is 68.6 Å². The zero-order valence-electron chi connectivity index (χ0n) is 20.4. The maximum Gasteiger partial charge on any atom is 0.193 e. The van der Waals surface area contributed by atoms with Crippen LogP contribution in [0.3, 0.4) is 0 Å². The summed E-state index contributed by atoms with van der Waals surface area (Å²) in [4.78, 5) is 31.2. The second-order valence-electron chi connectivity index (χ2n) is 8.89. The molecule has 4 aromatic heterocycles. The summed E-state index contributed by atoms with van der Waals surface area (Å²) in [7, 11) is 0. The average molecular weight is 491 g/mol. The number of benzene rings is 2. The lowest BCUT2D eigenvalue weighted by molar-refractivity contribution is 0.103. The van der Waals surface area contributed by atoms with E-state index in [9.17, 15) is 4.79 Å². The summed E-state index contributed by atoms with van der Waals surface area (Å²) in [6.07, 6.45) is 14.2. The Balaban J connectivity index is 1.51. The standard InChI is InChI=1S/C33H22N4O/c38-33(31-15-27(23-5-1-9-34-19-23)13-28(16-31)24-6-2-10-35-20-24)32-17-29(25-7-3-11-36-21-25)14-30(18-32)26-8-4-12-37-22-26/h1-22H. The van der Waals surface area contributed by atoms with E-state index in [-0.39, 0.29) is 5.78 Å². The van der Waals surface area contributed by atoms with Crippen LogP contribution in [0, 0.1) is 0 Å². The van der Waals surface area contributed by atoms with Crippen LogP contribution < -0.4 is 0 Å². The van der Waals surface area contributed by atoms with E-state index >= 15 is 0 Å². The number of nitrogens with zero attached hydrogens (tertiary/aromatic N) is 4. The minimum Gasteiger partial charge on any atom is -0.289 e. The maximum atomic E-state index is 14.1. The molecule has 0 bridgehead atoms. The Labute approximate surface area is 220 Å². The van der Waals surface area contributed by atoms with E-state index in [1.54, 1.807) is 49.6 Å². The van der Waals surface area contributed by atoms with Gasteiger partial charge in [-0.2, -0.15) is 0 Å². The first-order chi connectivity index (χ1) is 18.7. The minimum atomic E-state index is -0.0724. The van der Waals surface area contributed by atoms with Gasteiger partial charge < -0.3 is 0 Å². The summed E-state index contributed by atoms with van der Waals surface area (Å²) in [5, 5.41) is 0. The van der Waals surface area contributed by atoms with Gasteiger partial charge >= 0.3 is 0 Å². The molecule has 6 rings (SSSR count). The fourth-order valence-corrected chi connectivity index (χ4v) is 4.48. The van der Waals surface area contributed by atoms with Crippen molar-refractivity contribution in [3.63, 3.8) is 0 Å². The second kappa shape index (κ2) is 10.4. The van der Waals surface area contributed by atoms with Gasteiger partial charge in [0.2, 0.25) is 0 Å². The predicted octanol–water partition coefficient (Wildman–Crippen LogP) is 7.17. The molecule has 0 fully saturated rings. The zero-order chi connectivity index (χ0) is 25.7. The van der Waals surface area contributed by atoms with Crippen molar-refractivity contribution in [1.82, 2.24) is 19.9 Å². The molecule has 0 aliphatic rings. The molecule has 2 aromatic carbocycles. The Morgan fingerprint density at radius 3 is 0.921 bits per heavy atom. The van der Waals surface area contributed by atoms with Crippen LogP contribution in [0.25, 0.3) is 44.5 Å². The molecule has 0 unspecified atom stereocenters. The van der Waals surface area contributed by atoms with E-state index < -0.39 is 0 Å². The van der Waals surface area contributed by atoms with Crippen LogP contribution in [0.1, 0.15) is 15.9 Å². The largest absolute Gasteiger partial charge is 0.289 e. The molecule has 0 aliphatic heterocycles. The SMILES string of the molecule is O=C(c1cc(-c2cccnc2)cc(-c2cccnc2)c1)c1cc(-c2cccnc2)cc(-c2cccnc2)c1. The van der Waals surface area contributed by atoms with E-state index in [0.717, 1.165) is 44.5 Å². The van der Waals surface area contributed by atoms with Crippen molar-refractivity contribution in [2.24, 2.45) is 0 Å². The molecule has 0 saturated carbocycles. The van der Waals surface area contributed by atoms with Crippen molar-refractivity contribution >= 4 is 5.78 Å². The molecule has 0 spiro atoms. The summed E-state index contributed by atoms with van der Waals surface area (Å²) in [6, 6.07) is 27.4. The maximum absolute atomic E-state index is 14.1. The summed E-state index contributed by atoms with van der Waals surface area (Å²) in [6.45, 7) is 0. The van der Waals surface area contributed by atoms with Crippen LogP contribution in [-0.2, 0) is 0 Å². The molecular weight excluding hydrogens is 468 g/mol. The van der Waals surface area contributed by atoms with E-state index in [2.05, 4.69) is 32.1 Å². The molecule has 0 N–H and O–H groups in total. The van der Waals surface area contributed by atoms with Crippen LogP contribution in [0.15, 0.2) is 135 Å². The summed E-state index contributed by atoms with van der Waals surface area (Å²) < 4.78 is 0. The van der Waals surface area contributed by atoms with E-state index in [1.807, 2.05) is 72.8 Å². The highest BCUT2D eigenvalue weighted by Crippen LogP contribution is 2.32. The molecule has 0 atom stereocenters. The third kappa shape index (κ3) is 4.86. The Morgan fingerprint density at radius 1 is 0.395 bits per heavy atom. The molecule has 4 heterocycles. The second-order valence-corrected chi connectivity index (χ2v) is 8.89. The van der Waals surface area contributed by atoms with E-state index in [0.29, 0.717) is 11.1 Å². The number of hydrogen-bond acceptors (Lipinski definition) is 5.